The summed E-state index contributed by atoms with van der Waals surface area (Å²) in [5.74, 6) is -1.31. The van der Waals surface area contributed by atoms with Crippen LogP contribution in [0.15, 0.2) is 24.3 Å². The average molecular weight is 278 g/mol. The van der Waals surface area contributed by atoms with Crippen LogP contribution in [0.25, 0.3) is 0 Å². The van der Waals surface area contributed by atoms with Crippen molar-refractivity contribution in [3.8, 4) is 0 Å². The molecule has 5 nitrogen and oxygen atoms in total. The molecule has 1 aromatic rings. The Kier molecular flexibility index (Phi) is 5.70. The van der Waals surface area contributed by atoms with E-state index in [0.29, 0.717) is 6.54 Å². The van der Waals surface area contributed by atoms with Crippen molar-refractivity contribution in [2.45, 2.75) is 32.4 Å². The summed E-state index contributed by atoms with van der Waals surface area (Å²) in [5.41, 5.74) is 1.79. The van der Waals surface area contributed by atoms with E-state index in [0.717, 1.165) is 11.1 Å². The van der Waals surface area contributed by atoms with Crippen LogP contribution in [0.2, 0.25) is 0 Å². The number of carbonyl (C=O) groups excluding carboxylic acids is 1. The summed E-state index contributed by atoms with van der Waals surface area (Å²) in [4.78, 5) is 24.1. The number of benzene rings is 1. The van der Waals surface area contributed by atoms with Gasteiger partial charge in [0, 0.05) is 20.6 Å². The van der Waals surface area contributed by atoms with Gasteiger partial charge >= 0.3 is 5.97 Å². The normalized spacial score (nSPS) is 13.6. The van der Waals surface area contributed by atoms with Crippen molar-refractivity contribution < 1.29 is 14.7 Å². The number of hydrogen-bond acceptors (Lipinski definition) is 3. The molecule has 0 aliphatic carbocycles. The highest BCUT2D eigenvalue weighted by molar-refractivity contribution is 5.80. The van der Waals surface area contributed by atoms with Gasteiger partial charge in [-0.2, -0.15) is 0 Å². The van der Waals surface area contributed by atoms with Crippen molar-refractivity contribution >= 4 is 11.9 Å². The van der Waals surface area contributed by atoms with Crippen LogP contribution < -0.4 is 5.32 Å². The molecular formula is C15H22N2O3. The van der Waals surface area contributed by atoms with E-state index in [-0.39, 0.29) is 11.9 Å². The minimum Gasteiger partial charge on any atom is -0.481 e. The fourth-order valence-electron chi connectivity index (χ4n) is 1.81. The number of aliphatic carboxylic acids is 1. The largest absolute Gasteiger partial charge is 0.481 e. The van der Waals surface area contributed by atoms with Gasteiger partial charge in [-0.1, -0.05) is 24.3 Å². The third-order valence-electron chi connectivity index (χ3n) is 3.27. The van der Waals surface area contributed by atoms with E-state index in [2.05, 4.69) is 5.32 Å². The topological polar surface area (TPSA) is 69.6 Å². The summed E-state index contributed by atoms with van der Waals surface area (Å²) >= 11 is 0. The number of nitrogens with zero attached hydrogens (tertiary/aromatic N) is 1. The van der Waals surface area contributed by atoms with Gasteiger partial charge in [-0.15, -0.1) is 0 Å². The van der Waals surface area contributed by atoms with E-state index in [1.54, 1.807) is 25.9 Å². The first kappa shape index (κ1) is 16.2. The van der Waals surface area contributed by atoms with Gasteiger partial charge in [-0.25, -0.2) is 0 Å². The molecule has 0 aliphatic heterocycles. The maximum Gasteiger partial charge on any atom is 0.310 e. The Morgan fingerprint density at radius 2 is 1.75 bits per heavy atom. The maximum atomic E-state index is 11.7. The molecule has 1 amide bonds. The molecule has 2 unspecified atom stereocenters. The number of carboxylic acids is 1. The van der Waals surface area contributed by atoms with Crippen molar-refractivity contribution in [1.82, 2.24) is 10.2 Å². The second-order valence-electron chi connectivity index (χ2n) is 5.14. The summed E-state index contributed by atoms with van der Waals surface area (Å²) in [6.07, 6.45) is 0. The lowest BCUT2D eigenvalue weighted by atomic mass is 10.00. The molecule has 2 atom stereocenters. The molecule has 0 spiro atoms. The van der Waals surface area contributed by atoms with Crippen LogP contribution in [-0.4, -0.2) is 42.0 Å². The molecular weight excluding hydrogens is 256 g/mol. The number of likely N-dealkylation sites (N-methyl/N-ethyl adjacent to an activating group) is 1. The maximum absolute atomic E-state index is 11.7. The summed E-state index contributed by atoms with van der Waals surface area (Å²) < 4.78 is 0. The first-order chi connectivity index (χ1) is 9.32. The lowest BCUT2D eigenvalue weighted by Crippen LogP contribution is -2.41. The molecule has 0 saturated carbocycles. The number of nitrogens with one attached hydrogen (secondary N) is 1. The smallest absolute Gasteiger partial charge is 0.310 e. The van der Waals surface area contributed by atoms with Crippen LogP contribution in [0, 0.1) is 0 Å². The lowest BCUT2D eigenvalue weighted by Gasteiger charge is -2.18. The van der Waals surface area contributed by atoms with Crippen LogP contribution in [0.4, 0.5) is 0 Å². The van der Waals surface area contributed by atoms with Crippen LogP contribution >= 0.6 is 0 Å². The van der Waals surface area contributed by atoms with Gasteiger partial charge in [0.2, 0.25) is 5.91 Å². The zero-order valence-corrected chi connectivity index (χ0v) is 12.4. The predicted molar refractivity (Wildman–Crippen MR) is 77.5 cm³/mol. The molecule has 1 aromatic carbocycles. The first-order valence-corrected chi connectivity index (χ1v) is 6.59. The molecule has 0 saturated heterocycles. The van der Waals surface area contributed by atoms with E-state index in [4.69, 9.17) is 5.11 Å². The lowest BCUT2D eigenvalue weighted by molar-refractivity contribution is -0.138. The molecule has 0 heterocycles. The van der Waals surface area contributed by atoms with Gasteiger partial charge in [0.05, 0.1) is 12.0 Å². The molecule has 0 aliphatic rings. The highest BCUT2D eigenvalue weighted by atomic mass is 16.4. The number of carboxylic acid groups (broad SMARTS) is 1. The minimum atomic E-state index is -0.832. The quantitative estimate of drug-likeness (QED) is 0.826. The van der Waals surface area contributed by atoms with Crippen molar-refractivity contribution in [2.24, 2.45) is 0 Å². The molecule has 0 aromatic heterocycles. The van der Waals surface area contributed by atoms with Crippen LogP contribution in [0.1, 0.15) is 30.9 Å². The summed E-state index contributed by atoms with van der Waals surface area (Å²) in [6.45, 7) is 4.05. The van der Waals surface area contributed by atoms with Gasteiger partial charge in [0.25, 0.3) is 0 Å². The second-order valence-corrected chi connectivity index (χ2v) is 5.14. The average Bonchev–Trinajstić information content (AvgIpc) is 2.43. The second kappa shape index (κ2) is 7.05. The Bertz CT molecular complexity index is 469. The number of carbonyl (C=O) groups is 2. The Labute approximate surface area is 119 Å². The monoisotopic (exact) mass is 278 g/mol. The van der Waals surface area contributed by atoms with Gasteiger partial charge in [0.1, 0.15) is 0 Å². The van der Waals surface area contributed by atoms with Crippen LogP contribution in [0.5, 0.6) is 0 Å². The van der Waals surface area contributed by atoms with Gasteiger partial charge in [-0.05, 0) is 25.0 Å². The zero-order chi connectivity index (χ0) is 15.3. The zero-order valence-electron chi connectivity index (χ0n) is 12.4. The molecule has 0 bridgehead atoms. The van der Waals surface area contributed by atoms with E-state index < -0.39 is 11.9 Å². The third kappa shape index (κ3) is 4.35. The molecule has 2 N–H and O–H groups in total. The number of hydrogen-bond donors (Lipinski definition) is 2. The molecule has 5 heteroatoms. The first-order valence-electron chi connectivity index (χ1n) is 6.59. The van der Waals surface area contributed by atoms with E-state index in [9.17, 15) is 9.59 Å². The van der Waals surface area contributed by atoms with E-state index in [1.807, 2.05) is 31.2 Å². The van der Waals surface area contributed by atoms with Crippen molar-refractivity contribution in [3.63, 3.8) is 0 Å². The Hall–Kier alpha value is -1.88. The fraction of sp³-hybridized carbons (Fsp3) is 0.467. The van der Waals surface area contributed by atoms with Gasteiger partial charge < -0.3 is 15.3 Å². The SMILES string of the molecule is CC(NCc1ccc(C(C)C(=O)O)cc1)C(=O)N(C)C. The summed E-state index contributed by atoms with van der Waals surface area (Å²) in [7, 11) is 3.45. The minimum absolute atomic E-state index is 0.0288. The summed E-state index contributed by atoms with van der Waals surface area (Å²) in [6, 6.07) is 7.15. The van der Waals surface area contributed by atoms with E-state index in [1.165, 1.54) is 0 Å². The molecule has 0 fully saturated rings. The highest BCUT2D eigenvalue weighted by Crippen LogP contribution is 2.16. The fourth-order valence-corrected chi connectivity index (χ4v) is 1.81. The van der Waals surface area contributed by atoms with Gasteiger partial charge in [0.15, 0.2) is 0 Å². The van der Waals surface area contributed by atoms with Crippen LogP contribution in [-0.2, 0) is 16.1 Å². The van der Waals surface area contributed by atoms with Crippen molar-refractivity contribution in [2.75, 3.05) is 14.1 Å². The number of amides is 1. The summed E-state index contributed by atoms with van der Waals surface area (Å²) in [5, 5.41) is 12.1. The van der Waals surface area contributed by atoms with Gasteiger partial charge in [-0.3, -0.25) is 9.59 Å². The van der Waals surface area contributed by atoms with Crippen molar-refractivity contribution in [1.29, 1.82) is 0 Å². The standard InChI is InChI=1S/C15H22N2O3/c1-10(15(19)20)13-7-5-12(6-8-13)9-16-11(2)14(18)17(3)4/h5-8,10-11,16H,9H2,1-4H3,(H,19,20). The predicted octanol–water partition coefficient (Wildman–Crippen LogP) is 1.44. The third-order valence-corrected chi connectivity index (χ3v) is 3.27. The molecule has 110 valence electrons. The van der Waals surface area contributed by atoms with Crippen molar-refractivity contribution in [3.05, 3.63) is 35.4 Å². The van der Waals surface area contributed by atoms with E-state index >= 15 is 0 Å². The Morgan fingerprint density at radius 1 is 1.20 bits per heavy atom. The molecule has 20 heavy (non-hydrogen) atoms. The molecule has 1 rings (SSSR count). The Morgan fingerprint density at radius 3 is 2.20 bits per heavy atom. The molecule has 0 radical (unpaired) electrons. The Balaban J connectivity index is 2.58. The van der Waals surface area contributed by atoms with Crippen LogP contribution in [0.3, 0.4) is 0 Å². The highest BCUT2D eigenvalue weighted by Gasteiger charge is 2.15. The number of rotatable bonds is 6.